The summed E-state index contributed by atoms with van der Waals surface area (Å²) in [6.07, 6.45) is 5.47. The minimum Gasteiger partial charge on any atom is -1.00 e. The van der Waals surface area contributed by atoms with Crippen LogP contribution in [0.3, 0.4) is 0 Å². The Hall–Kier alpha value is 0.170. The Morgan fingerprint density at radius 2 is 1.42 bits per heavy atom. The van der Waals surface area contributed by atoms with Gasteiger partial charge in [0.05, 0.1) is 18.7 Å². The van der Waals surface area contributed by atoms with Gasteiger partial charge in [-0.1, -0.05) is 0 Å². The number of rotatable bonds is 5. The summed E-state index contributed by atoms with van der Waals surface area (Å²) in [6.45, 7) is 0. The number of halogens is 2. The van der Waals surface area contributed by atoms with Crippen LogP contribution in [0.4, 0.5) is 0 Å². The van der Waals surface area contributed by atoms with Crippen LogP contribution in [0.15, 0.2) is 12.1 Å². The normalized spacial score (nSPS) is 17.8. The summed E-state index contributed by atoms with van der Waals surface area (Å²) in [5.41, 5.74) is 3.35. The summed E-state index contributed by atoms with van der Waals surface area (Å²) in [5.74, 6) is 8.59. The molecule has 2 heterocycles. The van der Waals surface area contributed by atoms with E-state index in [0.717, 1.165) is 22.8 Å². The molecule has 0 N–H and O–H groups in total. The second-order valence-electron chi connectivity index (χ2n) is 6.18. The number of nitriles is 1. The third kappa shape index (κ3) is 5.59. The SMILES string of the molecule is COc1cc(C[S+]2CCCC2)c(C#N)cc1C[S+]1CCCC1.[Br-].[Br-]. The topological polar surface area (TPSA) is 33.0 Å². The molecule has 1 aromatic rings. The summed E-state index contributed by atoms with van der Waals surface area (Å²) < 4.78 is 5.66. The first kappa shape index (κ1) is 22.2. The molecule has 0 spiro atoms. The summed E-state index contributed by atoms with van der Waals surface area (Å²) >= 11 is 0. The first-order valence-electron chi connectivity index (χ1n) is 8.18. The van der Waals surface area contributed by atoms with E-state index in [-0.39, 0.29) is 34.0 Å². The lowest BCUT2D eigenvalue weighted by Gasteiger charge is -2.12. The molecule has 0 unspecified atom stereocenters. The van der Waals surface area contributed by atoms with Crippen molar-refractivity contribution >= 4 is 21.8 Å². The van der Waals surface area contributed by atoms with Gasteiger partial charge >= 0.3 is 0 Å². The minimum absolute atomic E-state index is 0. The first-order valence-corrected chi connectivity index (χ1v) is 11.6. The van der Waals surface area contributed by atoms with Crippen LogP contribution in [-0.2, 0) is 33.3 Å². The van der Waals surface area contributed by atoms with Gasteiger partial charge in [0.1, 0.15) is 40.3 Å². The van der Waals surface area contributed by atoms with Crippen LogP contribution < -0.4 is 38.7 Å². The highest BCUT2D eigenvalue weighted by Gasteiger charge is 2.29. The van der Waals surface area contributed by atoms with Gasteiger partial charge in [0, 0.05) is 11.1 Å². The molecule has 2 fully saturated rings. The molecule has 0 aliphatic carbocycles. The number of methoxy groups -OCH3 is 1. The minimum atomic E-state index is 0. The van der Waals surface area contributed by atoms with E-state index in [0.29, 0.717) is 21.8 Å². The zero-order chi connectivity index (χ0) is 15.4. The smallest absolute Gasteiger partial charge is 0.136 e. The fraction of sp³-hybridized carbons (Fsp3) is 0.611. The highest BCUT2D eigenvalue weighted by Crippen LogP contribution is 2.30. The molecule has 0 bridgehead atoms. The zero-order valence-corrected chi connectivity index (χ0v) is 19.0. The van der Waals surface area contributed by atoms with E-state index in [9.17, 15) is 5.26 Å². The Bertz CT molecular complexity index is 565. The molecular formula is C18H25Br2NOS2. The van der Waals surface area contributed by atoms with Gasteiger partial charge in [-0.3, -0.25) is 0 Å². The molecule has 2 aliphatic rings. The van der Waals surface area contributed by atoms with Crippen molar-refractivity contribution < 1.29 is 38.7 Å². The maximum atomic E-state index is 9.56. The second kappa shape index (κ2) is 11.0. The van der Waals surface area contributed by atoms with Crippen LogP contribution >= 0.6 is 0 Å². The fourth-order valence-corrected chi connectivity index (χ4v) is 8.13. The third-order valence-corrected chi connectivity index (χ3v) is 9.48. The molecule has 0 saturated carbocycles. The molecule has 0 atom stereocenters. The van der Waals surface area contributed by atoms with E-state index in [2.05, 4.69) is 18.2 Å². The monoisotopic (exact) mass is 493 g/mol. The molecule has 2 aliphatic heterocycles. The number of ether oxygens (including phenoxy) is 1. The highest BCUT2D eigenvalue weighted by atomic mass is 79.9. The summed E-state index contributed by atoms with van der Waals surface area (Å²) in [4.78, 5) is 0. The van der Waals surface area contributed by atoms with Crippen LogP contribution in [0.25, 0.3) is 0 Å². The third-order valence-electron chi connectivity index (χ3n) is 4.58. The van der Waals surface area contributed by atoms with Crippen LogP contribution in [-0.4, -0.2) is 30.1 Å². The van der Waals surface area contributed by atoms with Crippen molar-refractivity contribution in [3.05, 3.63) is 28.8 Å². The Labute approximate surface area is 173 Å². The van der Waals surface area contributed by atoms with Crippen molar-refractivity contribution in [3.63, 3.8) is 0 Å². The van der Waals surface area contributed by atoms with Gasteiger partial charge in [-0.05, 0) is 59.6 Å². The van der Waals surface area contributed by atoms with Crippen LogP contribution in [0.1, 0.15) is 42.4 Å². The molecule has 2 saturated heterocycles. The van der Waals surface area contributed by atoms with E-state index in [1.807, 2.05) is 0 Å². The predicted octanol–water partition coefficient (Wildman–Crippen LogP) is -2.60. The lowest BCUT2D eigenvalue weighted by Crippen LogP contribution is -3.00. The van der Waals surface area contributed by atoms with Crippen molar-refractivity contribution in [3.8, 4) is 11.8 Å². The van der Waals surface area contributed by atoms with Gasteiger partial charge < -0.3 is 38.7 Å². The average Bonchev–Trinajstić information content (AvgIpc) is 3.22. The summed E-state index contributed by atoms with van der Waals surface area (Å²) in [7, 11) is 2.75. The number of hydrogen-bond acceptors (Lipinski definition) is 2. The lowest BCUT2D eigenvalue weighted by atomic mass is 10.1. The van der Waals surface area contributed by atoms with E-state index >= 15 is 0 Å². The first-order chi connectivity index (χ1) is 10.8. The van der Waals surface area contributed by atoms with Crippen molar-refractivity contribution in [1.29, 1.82) is 5.26 Å². The van der Waals surface area contributed by atoms with Gasteiger partial charge in [-0.25, -0.2) is 0 Å². The molecule has 3 rings (SSSR count). The van der Waals surface area contributed by atoms with Crippen molar-refractivity contribution in [1.82, 2.24) is 0 Å². The zero-order valence-electron chi connectivity index (χ0n) is 14.2. The Morgan fingerprint density at radius 3 is 1.88 bits per heavy atom. The van der Waals surface area contributed by atoms with Gasteiger partial charge in [0.15, 0.2) is 0 Å². The molecule has 0 aromatic heterocycles. The number of hydrogen-bond donors (Lipinski definition) is 0. The lowest BCUT2D eigenvalue weighted by molar-refractivity contribution is -0.001000. The number of benzene rings is 1. The molecule has 24 heavy (non-hydrogen) atoms. The second-order valence-corrected chi connectivity index (χ2v) is 10.8. The Balaban J connectivity index is 0.00000144. The molecule has 0 radical (unpaired) electrons. The molecule has 6 heteroatoms. The standard InChI is InChI=1S/C18H25NOS2.2BrH/c1-20-18-11-16(13-21-6-2-3-7-21)15(12-19)10-17(18)14-22-8-4-5-9-22;;/h10-11H,2-9,13-14H2,1H3;2*1H/q+2;;/p-2. The molecule has 2 nitrogen and oxygen atoms in total. The molecule has 134 valence electrons. The molecule has 1 aromatic carbocycles. The maximum Gasteiger partial charge on any atom is 0.136 e. The van der Waals surface area contributed by atoms with Gasteiger partial charge in [-0.2, -0.15) is 5.26 Å². The highest BCUT2D eigenvalue weighted by molar-refractivity contribution is 7.96. The van der Waals surface area contributed by atoms with Crippen molar-refractivity contribution in [2.45, 2.75) is 37.2 Å². The van der Waals surface area contributed by atoms with Crippen LogP contribution in [0.2, 0.25) is 0 Å². The number of nitrogens with zero attached hydrogens (tertiary/aromatic N) is 1. The van der Waals surface area contributed by atoms with Gasteiger partial charge in [-0.15, -0.1) is 0 Å². The van der Waals surface area contributed by atoms with E-state index in [1.54, 1.807) is 7.11 Å². The van der Waals surface area contributed by atoms with Crippen LogP contribution in [0, 0.1) is 11.3 Å². The predicted molar refractivity (Wildman–Crippen MR) is 97.8 cm³/mol. The molecule has 0 amide bonds. The van der Waals surface area contributed by atoms with E-state index in [1.165, 1.54) is 59.8 Å². The molecular weight excluding hydrogens is 470 g/mol. The van der Waals surface area contributed by atoms with Crippen molar-refractivity contribution in [2.75, 3.05) is 30.1 Å². The summed E-state index contributed by atoms with van der Waals surface area (Å²) in [6, 6.07) is 6.73. The largest absolute Gasteiger partial charge is 1.00 e. The maximum absolute atomic E-state index is 9.56. The Kier molecular flexibility index (Phi) is 10.2. The van der Waals surface area contributed by atoms with Crippen molar-refractivity contribution in [2.24, 2.45) is 0 Å². The van der Waals surface area contributed by atoms with E-state index in [4.69, 9.17) is 4.74 Å². The van der Waals surface area contributed by atoms with Gasteiger partial charge in [0.2, 0.25) is 0 Å². The quantitative estimate of drug-likeness (QED) is 0.420. The van der Waals surface area contributed by atoms with E-state index < -0.39 is 0 Å². The van der Waals surface area contributed by atoms with Gasteiger partial charge in [0.25, 0.3) is 0 Å². The average molecular weight is 495 g/mol. The Morgan fingerprint density at radius 1 is 0.917 bits per heavy atom. The fourth-order valence-electron chi connectivity index (χ4n) is 3.35. The van der Waals surface area contributed by atoms with Crippen LogP contribution in [0.5, 0.6) is 5.75 Å². The summed E-state index contributed by atoms with van der Waals surface area (Å²) in [5, 5.41) is 9.56.